The van der Waals surface area contributed by atoms with Crippen LogP contribution in [0.1, 0.15) is 37.6 Å². The van der Waals surface area contributed by atoms with E-state index in [1.807, 2.05) is 11.6 Å². The molecule has 4 heteroatoms. The van der Waals surface area contributed by atoms with Crippen LogP contribution in [0, 0.1) is 5.41 Å². The van der Waals surface area contributed by atoms with Crippen LogP contribution in [0.5, 0.6) is 0 Å². The predicted molar refractivity (Wildman–Crippen MR) is 70.5 cm³/mol. The van der Waals surface area contributed by atoms with Crippen LogP contribution in [0.2, 0.25) is 0 Å². The van der Waals surface area contributed by atoms with Crippen molar-refractivity contribution in [2.45, 2.75) is 32.7 Å². The van der Waals surface area contributed by atoms with Gasteiger partial charge in [-0.3, -0.25) is 4.57 Å². The van der Waals surface area contributed by atoms with Crippen molar-refractivity contribution in [3.8, 4) is 5.13 Å². The summed E-state index contributed by atoms with van der Waals surface area (Å²) >= 11 is 1.67. The van der Waals surface area contributed by atoms with Gasteiger partial charge in [-0.15, -0.1) is 11.3 Å². The fourth-order valence-corrected chi connectivity index (χ4v) is 3.40. The van der Waals surface area contributed by atoms with Gasteiger partial charge in [-0.05, 0) is 29.9 Å². The molecule has 3 nitrogen and oxygen atoms in total. The van der Waals surface area contributed by atoms with Gasteiger partial charge in [0.05, 0.1) is 0 Å². The lowest BCUT2D eigenvalue weighted by Gasteiger charge is -2.34. The average Bonchev–Trinajstić information content (AvgIpc) is 2.82. The van der Waals surface area contributed by atoms with Crippen molar-refractivity contribution in [2.75, 3.05) is 0 Å². The first-order valence-electron chi connectivity index (χ1n) is 5.92. The number of nitrogens with zero attached hydrogens (tertiary/aromatic N) is 2. The van der Waals surface area contributed by atoms with Gasteiger partial charge in [-0.1, -0.05) is 13.8 Å². The lowest BCUT2D eigenvalue weighted by Crippen LogP contribution is -2.30. The molecule has 0 saturated carbocycles. The maximum atomic E-state index is 6.26. The number of thiazole rings is 1. The fraction of sp³-hybridized carbons (Fsp3) is 0.462. The Morgan fingerprint density at radius 1 is 1.53 bits per heavy atom. The molecule has 1 atom stereocenters. The van der Waals surface area contributed by atoms with Crippen molar-refractivity contribution in [1.29, 1.82) is 0 Å². The van der Waals surface area contributed by atoms with E-state index in [9.17, 15) is 0 Å². The van der Waals surface area contributed by atoms with Crippen molar-refractivity contribution < 1.29 is 0 Å². The zero-order chi connectivity index (χ0) is 12.0. The molecule has 0 aliphatic heterocycles. The Bertz CT molecular complexity index is 525. The van der Waals surface area contributed by atoms with E-state index in [0.717, 1.165) is 18.0 Å². The summed E-state index contributed by atoms with van der Waals surface area (Å²) in [4.78, 5) is 4.38. The molecule has 1 aliphatic carbocycles. The quantitative estimate of drug-likeness (QED) is 0.842. The van der Waals surface area contributed by atoms with E-state index in [2.05, 4.69) is 35.7 Å². The predicted octanol–water partition coefficient (Wildman–Crippen LogP) is 2.91. The Balaban J connectivity index is 2.11. The molecule has 0 saturated heterocycles. The Morgan fingerprint density at radius 3 is 3.06 bits per heavy atom. The summed E-state index contributed by atoms with van der Waals surface area (Å²) in [6.45, 7) is 4.57. The number of fused-ring (bicyclic) bond motifs is 1. The topological polar surface area (TPSA) is 43.8 Å². The van der Waals surface area contributed by atoms with Crippen LogP contribution < -0.4 is 5.73 Å². The highest BCUT2D eigenvalue weighted by Crippen LogP contribution is 2.40. The number of hydrogen-bond acceptors (Lipinski definition) is 3. The first-order chi connectivity index (χ1) is 8.07. The fourth-order valence-electron chi connectivity index (χ4n) is 2.75. The summed E-state index contributed by atoms with van der Waals surface area (Å²) in [5.41, 5.74) is 9.16. The normalized spacial score (nSPS) is 22.4. The van der Waals surface area contributed by atoms with Crippen LogP contribution in [0.15, 0.2) is 23.8 Å². The number of aromatic nitrogens is 2. The summed E-state index contributed by atoms with van der Waals surface area (Å²) in [5.74, 6) is 0. The number of hydrogen-bond donors (Lipinski definition) is 1. The second-order valence-electron chi connectivity index (χ2n) is 5.55. The SMILES string of the molecule is CC1(C)Cc2c(ccn2-c2nccs2)C(N)C1. The zero-order valence-corrected chi connectivity index (χ0v) is 11.0. The number of nitrogens with two attached hydrogens (primary N) is 1. The first kappa shape index (κ1) is 11.0. The average molecular weight is 247 g/mol. The van der Waals surface area contributed by atoms with Gasteiger partial charge < -0.3 is 5.73 Å². The van der Waals surface area contributed by atoms with Crippen molar-refractivity contribution in [1.82, 2.24) is 9.55 Å². The molecule has 3 rings (SSSR count). The standard InChI is InChI=1S/C13H17N3S/c1-13(2)7-10(14)9-3-5-16(11(9)8-13)12-15-4-6-17-12/h3-6,10H,7-8,14H2,1-2H3. The zero-order valence-electron chi connectivity index (χ0n) is 10.2. The lowest BCUT2D eigenvalue weighted by atomic mass is 9.75. The summed E-state index contributed by atoms with van der Waals surface area (Å²) in [6, 6.07) is 2.31. The molecule has 90 valence electrons. The minimum Gasteiger partial charge on any atom is -0.324 e. The van der Waals surface area contributed by atoms with Crippen LogP contribution in [0.25, 0.3) is 5.13 Å². The first-order valence-corrected chi connectivity index (χ1v) is 6.80. The van der Waals surface area contributed by atoms with E-state index < -0.39 is 0 Å². The van der Waals surface area contributed by atoms with Gasteiger partial charge in [-0.25, -0.2) is 4.98 Å². The molecular weight excluding hydrogens is 230 g/mol. The Hall–Kier alpha value is -1.13. The van der Waals surface area contributed by atoms with Crippen LogP contribution in [-0.2, 0) is 6.42 Å². The highest BCUT2D eigenvalue weighted by atomic mass is 32.1. The van der Waals surface area contributed by atoms with Gasteiger partial charge in [0, 0.05) is 29.5 Å². The van der Waals surface area contributed by atoms with E-state index in [0.29, 0.717) is 0 Å². The van der Waals surface area contributed by atoms with Crippen molar-refractivity contribution in [3.63, 3.8) is 0 Å². The van der Waals surface area contributed by atoms with E-state index in [1.54, 1.807) is 11.3 Å². The molecule has 0 radical (unpaired) electrons. The highest BCUT2D eigenvalue weighted by molar-refractivity contribution is 7.12. The van der Waals surface area contributed by atoms with Crippen molar-refractivity contribution in [3.05, 3.63) is 35.1 Å². The summed E-state index contributed by atoms with van der Waals surface area (Å²) < 4.78 is 2.20. The molecule has 1 aliphatic rings. The monoisotopic (exact) mass is 247 g/mol. The third kappa shape index (κ3) is 1.81. The molecule has 0 fully saturated rings. The highest BCUT2D eigenvalue weighted by Gasteiger charge is 2.32. The molecule has 1 unspecified atom stereocenters. The van der Waals surface area contributed by atoms with Crippen LogP contribution in [-0.4, -0.2) is 9.55 Å². The smallest absolute Gasteiger partial charge is 0.193 e. The van der Waals surface area contributed by atoms with Crippen molar-refractivity contribution in [2.24, 2.45) is 11.1 Å². The van der Waals surface area contributed by atoms with Gasteiger partial charge >= 0.3 is 0 Å². The molecule has 2 heterocycles. The molecule has 2 aromatic rings. The Morgan fingerprint density at radius 2 is 2.35 bits per heavy atom. The third-order valence-electron chi connectivity index (χ3n) is 3.47. The maximum absolute atomic E-state index is 6.26. The summed E-state index contributed by atoms with van der Waals surface area (Å²) in [6.07, 6.45) is 6.08. The Kier molecular flexibility index (Phi) is 2.38. The summed E-state index contributed by atoms with van der Waals surface area (Å²) in [7, 11) is 0. The third-order valence-corrected chi connectivity index (χ3v) is 4.24. The van der Waals surface area contributed by atoms with Gasteiger partial charge in [0.2, 0.25) is 0 Å². The molecule has 2 N–H and O–H groups in total. The van der Waals surface area contributed by atoms with E-state index in [-0.39, 0.29) is 11.5 Å². The van der Waals surface area contributed by atoms with E-state index in [4.69, 9.17) is 5.73 Å². The second-order valence-corrected chi connectivity index (χ2v) is 6.43. The molecule has 0 amide bonds. The van der Waals surface area contributed by atoms with Crippen LogP contribution >= 0.6 is 11.3 Å². The minimum atomic E-state index is 0.162. The largest absolute Gasteiger partial charge is 0.324 e. The van der Waals surface area contributed by atoms with Crippen LogP contribution in [0.3, 0.4) is 0 Å². The van der Waals surface area contributed by atoms with Gasteiger partial charge in [0.1, 0.15) is 0 Å². The molecule has 0 spiro atoms. The molecule has 17 heavy (non-hydrogen) atoms. The van der Waals surface area contributed by atoms with E-state index >= 15 is 0 Å². The molecular formula is C13H17N3S. The Labute approximate surface area is 105 Å². The van der Waals surface area contributed by atoms with Gasteiger partial charge in [0.25, 0.3) is 0 Å². The maximum Gasteiger partial charge on any atom is 0.193 e. The minimum absolute atomic E-state index is 0.162. The van der Waals surface area contributed by atoms with Crippen molar-refractivity contribution >= 4 is 11.3 Å². The molecule has 2 aromatic heterocycles. The summed E-state index contributed by atoms with van der Waals surface area (Å²) in [5, 5.41) is 3.05. The second kappa shape index (κ2) is 3.68. The number of rotatable bonds is 1. The van der Waals surface area contributed by atoms with Crippen LogP contribution in [0.4, 0.5) is 0 Å². The van der Waals surface area contributed by atoms with Gasteiger partial charge in [0.15, 0.2) is 5.13 Å². The van der Waals surface area contributed by atoms with E-state index in [1.165, 1.54) is 11.3 Å². The molecule has 0 bridgehead atoms. The molecule has 0 aromatic carbocycles. The van der Waals surface area contributed by atoms with Gasteiger partial charge in [-0.2, -0.15) is 0 Å². The lowest BCUT2D eigenvalue weighted by molar-refractivity contribution is 0.278.